The van der Waals surface area contributed by atoms with Crippen molar-refractivity contribution < 1.29 is 13.2 Å². The van der Waals surface area contributed by atoms with E-state index in [1.165, 1.54) is 6.92 Å². The minimum absolute atomic E-state index is 0.148. The summed E-state index contributed by atoms with van der Waals surface area (Å²) in [4.78, 5) is 12.7. The van der Waals surface area contributed by atoms with Crippen molar-refractivity contribution in [1.29, 1.82) is 0 Å². The van der Waals surface area contributed by atoms with E-state index in [0.717, 1.165) is 21.1 Å². The Bertz CT molecular complexity index is 752. The third kappa shape index (κ3) is 4.49. The number of nitrogens with one attached hydrogen (secondary N) is 2. The molecule has 0 aliphatic rings. The monoisotopic (exact) mass is 356 g/mol. The summed E-state index contributed by atoms with van der Waals surface area (Å²) in [6.45, 7) is 1.75. The number of hydrogen-bond donors (Lipinski definition) is 2. The summed E-state index contributed by atoms with van der Waals surface area (Å²) >= 11 is 2.73. The van der Waals surface area contributed by atoms with Gasteiger partial charge in [-0.05, 0) is 42.7 Å². The lowest BCUT2D eigenvalue weighted by Gasteiger charge is -2.06. The fraction of sp³-hybridized carbons (Fsp3) is 0.214. The Kier molecular flexibility index (Phi) is 5.49. The molecule has 1 aromatic carbocycles. The van der Waals surface area contributed by atoms with Crippen LogP contribution in [0.15, 0.2) is 45.5 Å². The maximum atomic E-state index is 12.3. The van der Waals surface area contributed by atoms with Crippen LogP contribution in [0.5, 0.6) is 0 Å². The fourth-order valence-corrected chi connectivity index (χ4v) is 4.44. The molecule has 0 bridgehead atoms. The van der Waals surface area contributed by atoms with Gasteiger partial charge in [0.2, 0.25) is 5.91 Å². The summed E-state index contributed by atoms with van der Waals surface area (Å²) in [6.07, 6.45) is 1.96. The number of hydrogen-bond acceptors (Lipinski definition) is 5. The molecule has 22 heavy (non-hydrogen) atoms. The fourth-order valence-electron chi connectivity index (χ4n) is 1.67. The van der Waals surface area contributed by atoms with Gasteiger partial charge in [-0.3, -0.25) is 9.52 Å². The molecule has 0 aliphatic heterocycles. The Morgan fingerprint density at radius 1 is 1.18 bits per heavy atom. The van der Waals surface area contributed by atoms with Crippen LogP contribution < -0.4 is 10.0 Å². The first kappa shape index (κ1) is 16.9. The third-order valence-electron chi connectivity index (χ3n) is 2.76. The van der Waals surface area contributed by atoms with E-state index >= 15 is 0 Å². The summed E-state index contributed by atoms with van der Waals surface area (Å²) < 4.78 is 27.4. The van der Waals surface area contributed by atoms with Crippen molar-refractivity contribution >= 4 is 44.7 Å². The van der Waals surface area contributed by atoms with E-state index in [0.29, 0.717) is 12.2 Å². The predicted molar refractivity (Wildman–Crippen MR) is 90.9 cm³/mol. The van der Waals surface area contributed by atoms with Gasteiger partial charge in [0.15, 0.2) is 0 Å². The molecule has 0 radical (unpaired) electrons. The average Bonchev–Trinajstić information content (AvgIpc) is 2.95. The maximum Gasteiger partial charge on any atom is 0.271 e. The van der Waals surface area contributed by atoms with E-state index in [4.69, 9.17) is 0 Å². The van der Waals surface area contributed by atoms with Crippen LogP contribution in [-0.2, 0) is 21.4 Å². The highest BCUT2D eigenvalue weighted by molar-refractivity contribution is 7.98. The molecule has 1 amide bonds. The molecule has 118 valence electrons. The number of anilines is 1. The van der Waals surface area contributed by atoms with Crippen LogP contribution >= 0.6 is 23.1 Å². The van der Waals surface area contributed by atoms with Crippen LogP contribution in [0.4, 0.5) is 5.69 Å². The first-order valence-corrected chi connectivity index (χ1v) is 9.93. The van der Waals surface area contributed by atoms with Gasteiger partial charge < -0.3 is 5.32 Å². The number of rotatable bonds is 6. The summed E-state index contributed by atoms with van der Waals surface area (Å²) in [5, 5.41) is 2.64. The first-order valence-electron chi connectivity index (χ1n) is 6.41. The molecule has 2 aromatic rings. The van der Waals surface area contributed by atoms with Gasteiger partial charge in [0.05, 0.1) is 6.54 Å². The summed E-state index contributed by atoms with van der Waals surface area (Å²) in [7, 11) is -3.60. The first-order chi connectivity index (χ1) is 10.4. The molecule has 2 rings (SSSR count). The molecule has 2 N–H and O–H groups in total. The summed E-state index contributed by atoms with van der Waals surface area (Å²) in [6, 6.07) is 10.4. The van der Waals surface area contributed by atoms with Gasteiger partial charge in [-0.2, -0.15) is 0 Å². The highest BCUT2D eigenvalue weighted by atomic mass is 32.2. The highest BCUT2D eigenvalue weighted by Crippen LogP contribution is 2.25. The quantitative estimate of drug-likeness (QED) is 0.781. The minimum Gasteiger partial charge on any atom is -0.351 e. The van der Waals surface area contributed by atoms with E-state index in [1.54, 1.807) is 36.0 Å². The number of amides is 1. The number of sulfonamides is 1. The Morgan fingerprint density at radius 2 is 1.86 bits per heavy atom. The van der Waals surface area contributed by atoms with E-state index in [1.807, 2.05) is 18.4 Å². The number of thioether (sulfide) groups is 1. The van der Waals surface area contributed by atoms with Gasteiger partial charge in [0, 0.05) is 22.4 Å². The van der Waals surface area contributed by atoms with Gasteiger partial charge in [0.25, 0.3) is 10.0 Å². The largest absolute Gasteiger partial charge is 0.351 e. The average molecular weight is 356 g/mol. The van der Waals surface area contributed by atoms with Gasteiger partial charge in [-0.25, -0.2) is 8.42 Å². The van der Waals surface area contributed by atoms with Crippen molar-refractivity contribution in [3.05, 3.63) is 41.3 Å². The van der Waals surface area contributed by atoms with E-state index in [-0.39, 0.29) is 10.1 Å². The second-order valence-corrected chi connectivity index (χ2v) is 8.42. The van der Waals surface area contributed by atoms with Crippen molar-refractivity contribution in [3.63, 3.8) is 0 Å². The van der Waals surface area contributed by atoms with Crippen LogP contribution in [0.25, 0.3) is 0 Å². The Hall–Kier alpha value is -1.51. The zero-order chi connectivity index (χ0) is 16.2. The molecular weight excluding hydrogens is 340 g/mol. The van der Waals surface area contributed by atoms with E-state index in [2.05, 4.69) is 10.0 Å². The van der Waals surface area contributed by atoms with Crippen LogP contribution in [0.3, 0.4) is 0 Å². The second kappa shape index (κ2) is 7.17. The van der Waals surface area contributed by atoms with E-state index in [9.17, 15) is 13.2 Å². The molecule has 0 aliphatic carbocycles. The van der Waals surface area contributed by atoms with Crippen LogP contribution in [0.1, 0.15) is 11.8 Å². The topological polar surface area (TPSA) is 75.3 Å². The molecule has 0 spiro atoms. The molecular formula is C14H16N2O3S3. The molecule has 0 fully saturated rings. The lowest BCUT2D eigenvalue weighted by atomic mass is 10.3. The molecule has 1 heterocycles. The van der Waals surface area contributed by atoms with Crippen molar-refractivity contribution in [3.8, 4) is 0 Å². The summed E-state index contributed by atoms with van der Waals surface area (Å²) in [5.41, 5.74) is 0.523. The Morgan fingerprint density at radius 3 is 2.45 bits per heavy atom. The van der Waals surface area contributed by atoms with Crippen molar-refractivity contribution in [2.45, 2.75) is 22.6 Å². The van der Waals surface area contributed by atoms with E-state index < -0.39 is 10.0 Å². The van der Waals surface area contributed by atoms with Crippen molar-refractivity contribution in [2.24, 2.45) is 0 Å². The SMILES string of the molecule is CSc1ccc(NS(=O)(=O)c2ccc(CNC(C)=O)s2)cc1. The third-order valence-corrected chi connectivity index (χ3v) is 6.46. The minimum atomic E-state index is -3.60. The van der Waals surface area contributed by atoms with Crippen LogP contribution in [-0.4, -0.2) is 20.6 Å². The molecule has 8 heteroatoms. The molecule has 0 unspecified atom stereocenters. The highest BCUT2D eigenvalue weighted by Gasteiger charge is 2.17. The van der Waals surface area contributed by atoms with Crippen molar-refractivity contribution in [1.82, 2.24) is 5.32 Å². The van der Waals surface area contributed by atoms with Crippen LogP contribution in [0, 0.1) is 0 Å². The molecule has 0 atom stereocenters. The number of carbonyl (C=O) groups excluding carboxylic acids is 1. The Balaban J connectivity index is 2.10. The van der Waals surface area contributed by atoms with Gasteiger partial charge in [-0.15, -0.1) is 23.1 Å². The molecule has 5 nitrogen and oxygen atoms in total. The molecule has 0 saturated carbocycles. The second-order valence-electron chi connectivity index (χ2n) is 4.46. The lowest BCUT2D eigenvalue weighted by molar-refractivity contribution is -0.119. The van der Waals surface area contributed by atoms with Gasteiger partial charge in [-0.1, -0.05) is 0 Å². The van der Waals surface area contributed by atoms with Gasteiger partial charge in [0.1, 0.15) is 4.21 Å². The Labute approximate surface area is 138 Å². The number of benzene rings is 1. The number of thiophene rings is 1. The molecule has 0 saturated heterocycles. The maximum absolute atomic E-state index is 12.3. The zero-order valence-corrected chi connectivity index (χ0v) is 14.6. The smallest absolute Gasteiger partial charge is 0.271 e. The normalized spacial score (nSPS) is 11.2. The number of carbonyl (C=O) groups is 1. The van der Waals surface area contributed by atoms with Gasteiger partial charge >= 0.3 is 0 Å². The van der Waals surface area contributed by atoms with Crippen LogP contribution in [0.2, 0.25) is 0 Å². The molecule has 1 aromatic heterocycles. The van der Waals surface area contributed by atoms with Crippen molar-refractivity contribution in [2.75, 3.05) is 11.0 Å². The standard InChI is InChI=1S/C14H16N2O3S3/c1-10(17)15-9-13-7-8-14(21-13)22(18,19)16-11-3-5-12(20-2)6-4-11/h3-8,16H,9H2,1-2H3,(H,15,17). The predicted octanol–water partition coefficient (Wildman–Crippen LogP) is 2.91. The zero-order valence-electron chi connectivity index (χ0n) is 12.1. The lowest BCUT2D eigenvalue weighted by Crippen LogP contribution is -2.18. The summed E-state index contributed by atoms with van der Waals surface area (Å²) in [5.74, 6) is -0.148.